The van der Waals surface area contributed by atoms with Crippen molar-refractivity contribution in [3.05, 3.63) is 63.3 Å². The minimum absolute atomic E-state index is 0.0987. The molecule has 0 fully saturated rings. The third-order valence-electron chi connectivity index (χ3n) is 2.32. The molecule has 2 aromatic rings. The maximum absolute atomic E-state index is 11.6. The third kappa shape index (κ3) is 4.02. The van der Waals surface area contributed by atoms with Crippen molar-refractivity contribution in [2.45, 2.75) is 6.54 Å². The van der Waals surface area contributed by atoms with Crippen LogP contribution in [-0.2, 0) is 11.3 Å². The summed E-state index contributed by atoms with van der Waals surface area (Å²) in [5.41, 5.74) is 1.03. The quantitative estimate of drug-likeness (QED) is 0.848. The van der Waals surface area contributed by atoms with Gasteiger partial charge in [-0.3, -0.25) is 4.79 Å². The molecule has 0 aliphatic carbocycles. The summed E-state index contributed by atoms with van der Waals surface area (Å²) in [6, 6.07) is 11.3. The largest absolute Gasteiger partial charge is 0.348 e. The first-order valence-electron chi connectivity index (χ1n) is 5.48. The number of carbonyl (C=O) groups is 1. The van der Waals surface area contributed by atoms with Crippen LogP contribution in [0.5, 0.6) is 0 Å². The van der Waals surface area contributed by atoms with Crippen LogP contribution in [0.3, 0.4) is 0 Å². The summed E-state index contributed by atoms with van der Waals surface area (Å²) in [6.07, 6.45) is 3.35. The highest BCUT2D eigenvalue weighted by Gasteiger charge is 1.97. The number of hydrogen-bond acceptors (Lipinski definition) is 2. The van der Waals surface area contributed by atoms with E-state index in [4.69, 9.17) is 11.6 Å². The van der Waals surface area contributed by atoms with Gasteiger partial charge in [0.1, 0.15) is 0 Å². The Balaban J connectivity index is 1.83. The lowest BCUT2D eigenvalue weighted by atomic mass is 10.2. The number of carbonyl (C=O) groups excluding carboxylic acids is 1. The van der Waals surface area contributed by atoms with Gasteiger partial charge in [-0.15, -0.1) is 11.3 Å². The van der Waals surface area contributed by atoms with Gasteiger partial charge in [0, 0.05) is 22.5 Å². The van der Waals surface area contributed by atoms with Crippen LogP contribution in [-0.4, -0.2) is 5.91 Å². The summed E-state index contributed by atoms with van der Waals surface area (Å²) in [5, 5.41) is 5.49. The molecule has 0 aliphatic heterocycles. The number of nitrogens with one attached hydrogen (secondary N) is 1. The molecule has 0 bridgehead atoms. The van der Waals surface area contributed by atoms with Gasteiger partial charge in [-0.2, -0.15) is 0 Å². The van der Waals surface area contributed by atoms with Gasteiger partial charge in [0.15, 0.2) is 0 Å². The summed E-state index contributed by atoms with van der Waals surface area (Å²) in [6.45, 7) is 0.505. The molecule has 0 saturated carbocycles. The maximum atomic E-state index is 11.6. The third-order valence-corrected chi connectivity index (χ3v) is 3.41. The van der Waals surface area contributed by atoms with Crippen LogP contribution in [0.1, 0.15) is 10.4 Å². The van der Waals surface area contributed by atoms with Gasteiger partial charge in [0.25, 0.3) is 0 Å². The van der Waals surface area contributed by atoms with Crippen LogP contribution in [0, 0.1) is 0 Å². The molecular formula is C14H12ClNOS. The SMILES string of the molecule is O=C(/C=C/c1cccs1)NCc1ccc(Cl)cc1. The van der Waals surface area contributed by atoms with Crippen molar-refractivity contribution in [2.24, 2.45) is 0 Å². The molecular weight excluding hydrogens is 266 g/mol. The Kier molecular flexibility index (Phi) is 4.56. The molecule has 0 unspecified atom stereocenters. The molecule has 2 rings (SSSR count). The Hall–Kier alpha value is -1.58. The summed E-state index contributed by atoms with van der Waals surface area (Å²) < 4.78 is 0. The normalized spacial score (nSPS) is 10.7. The summed E-state index contributed by atoms with van der Waals surface area (Å²) in [7, 11) is 0. The Morgan fingerprint density at radius 1 is 1.28 bits per heavy atom. The Morgan fingerprint density at radius 3 is 2.72 bits per heavy atom. The molecule has 92 valence electrons. The second kappa shape index (κ2) is 6.38. The Labute approximate surface area is 115 Å². The molecule has 4 heteroatoms. The second-order valence-corrected chi connectivity index (χ2v) is 5.11. The number of halogens is 1. The lowest BCUT2D eigenvalue weighted by Crippen LogP contribution is -2.20. The highest BCUT2D eigenvalue weighted by molar-refractivity contribution is 7.10. The molecule has 0 atom stereocenters. The molecule has 1 heterocycles. The van der Waals surface area contributed by atoms with Gasteiger partial charge in [-0.1, -0.05) is 29.8 Å². The van der Waals surface area contributed by atoms with Crippen molar-refractivity contribution >= 4 is 34.9 Å². The van der Waals surface area contributed by atoms with Gasteiger partial charge < -0.3 is 5.32 Å². The topological polar surface area (TPSA) is 29.1 Å². The maximum Gasteiger partial charge on any atom is 0.244 e. The zero-order chi connectivity index (χ0) is 12.8. The van der Waals surface area contributed by atoms with Gasteiger partial charge in [0.2, 0.25) is 5.91 Å². The first kappa shape index (κ1) is 12.9. The van der Waals surface area contributed by atoms with E-state index in [-0.39, 0.29) is 5.91 Å². The Morgan fingerprint density at radius 2 is 2.06 bits per heavy atom. The molecule has 0 saturated heterocycles. The van der Waals surface area contributed by atoms with Crippen molar-refractivity contribution < 1.29 is 4.79 Å². The first-order valence-corrected chi connectivity index (χ1v) is 6.74. The van der Waals surface area contributed by atoms with Crippen LogP contribution in [0.4, 0.5) is 0 Å². The van der Waals surface area contributed by atoms with Gasteiger partial charge in [-0.25, -0.2) is 0 Å². The van der Waals surface area contributed by atoms with Gasteiger partial charge in [0.05, 0.1) is 0 Å². The number of thiophene rings is 1. The van der Waals surface area contributed by atoms with Crippen LogP contribution < -0.4 is 5.32 Å². The fourth-order valence-corrected chi connectivity index (χ4v) is 2.14. The van der Waals surface area contributed by atoms with Crippen molar-refractivity contribution in [1.82, 2.24) is 5.32 Å². The van der Waals surface area contributed by atoms with E-state index >= 15 is 0 Å². The van der Waals surface area contributed by atoms with E-state index in [2.05, 4.69) is 5.32 Å². The molecule has 0 aliphatic rings. The summed E-state index contributed by atoms with van der Waals surface area (Å²) in [5.74, 6) is -0.0987. The first-order chi connectivity index (χ1) is 8.74. The number of hydrogen-bond donors (Lipinski definition) is 1. The van der Waals surface area contributed by atoms with E-state index < -0.39 is 0 Å². The minimum Gasteiger partial charge on any atom is -0.348 e. The number of amides is 1. The molecule has 2 nitrogen and oxygen atoms in total. The molecule has 1 aromatic heterocycles. The van der Waals surface area contributed by atoms with E-state index in [0.29, 0.717) is 11.6 Å². The Bertz CT molecular complexity index is 531. The smallest absolute Gasteiger partial charge is 0.244 e. The molecule has 0 spiro atoms. The standard InChI is InChI=1S/C14H12ClNOS/c15-12-5-3-11(4-6-12)10-16-14(17)8-7-13-2-1-9-18-13/h1-9H,10H2,(H,16,17)/b8-7+. The lowest BCUT2D eigenvalue weighted by Gasteiger charge is -2.02. The second-order valence-electron chi connectivity index (χ2n) is 3.69. The number of rotatable bonds is 4. The van der Waals surface area contributed by atoms with Crippen molar-refractivity contribution in [2.75, 3.05) is 0 Å². The number of benzene rings is 1. The molecule has 1 amide bonds. The average Bonchev–Trinajstić information content (AvgIpc) is 2.89. The minimum atomic E-state index is -0.0987. The van der Waals surface area contributed by atoms with E-state index in [1.54, 1.807) is 17.4 Å². The summed E-state index contributed by atoms with van der Waals surface area (Å²) in [4.78, 5) is 12.6. The van der Waals surface area contributed by atoms with E-state index in [1.165, 1.54) is 0 Å². The van der Waals surface area contributed by atoms with Crippen LogP contribution >= 0.6 is 22.9 Å². The van der Waals surface area contributed by atoms with Crippen LogP contribution in [0.2, 0.25) is 5.02 Å². The monoisotopic (exact) mass is 277 g/mol. The fourth-order valence-electron chi connectivity index (χ4n) is 1.39. The van der Waals surface area contributed by atoms with E-state index in [9.17, 15) is 4.79 Å². The highest BCUT2D eigenvalue weighted by atomic mass is 35.5. The van der Waals surface area contributed by atoms with Crippen LogP contribution in [0.25, 0.3) is 6.08 Å². The van der Waals surface area contributed by atoms with Crippen molar-refractivity contribution in [3.8, 4) is 0 Å². The zero-order valence-electron chi connectivity index (χ0n) is 9.60. The predicted octanol–water partition coefficient (Wildman–Crippen LogP) is 3.73. The zero-order valence-corrected chi connectivity index (χ0v) is 11.2. The van der Waals surface area contributed by atoms with E-state index in [1.807, 2.05) is 47.9 Å². The van der Waals surface area contributed by atoms with Crippen molar-refractivity contribution in [3.63, 3.8) is 0 Å². The van der Waals surface area contributed by atoms with Crippen LogP contribution in [0.15, 0.2) is 47.9 Å². The van der Waals surface area contributed by atoms with Gasteiger partial charge in [-0.05, 0) is 35.2 Å². The molecule has 0 radical (unpaired) electrons. The highest BCUT2D eigenvalue weighted by Crippen LogP contribution is 2.10. The summed E-state index contributed by atoms with van der Waals surface area (Å²) >= 11 is 7.38. The average molecular weight is 278 g/mol. The molecule has 1 N–H and O–H groups in total. The predicted molar refractivity (Wildman–Crippen MR) is 76.7 cm³/mol. The van der Waals surface area contributed by atoms with E-state index in [0.717, 1.165) is 10.4 Å². The molecule has 18 heavy (non-hydrogen) atoms. The van der Waals surface area contributed by atoms with Crippen molar-refractivity contribution in [1.29, 1.82) is 0 Å². The fraction of sp³-hybridized carbons (Fsp3) is 0.0714. The molecule has 1 aromatic carbocycles. The van der Waals surface area contributed by atoms with Gasteiger partial charge >= 0.3 is 0 Å². The lowest BCUT2D eigenvalue weighted by molar-refractivity contribution is -0.116.